The van der Waals surface area contributed by atoms with Gasteiger partial charge in [0, 0.05) is 6.61 Å². The van der Waals surface area contributed by atoms with E-state index < -0.39 is 0 Å². The van der Waals surface area contributed by atoms with Crippen molar-refractivity contribution in [1.29, 1.82) is 0 Å². The first kappa shape index (κ1) is 18.2. The quantitative estimate of drug-likeness (QED) is 0.305. The van der Waals surface area contributed by atoms with Gasteiger partial charge in [0.2, 0.25) is 9.76 Å². The third-order valence-electron chi connectivity index (χ3n) is 3.58. The van der Waals surface area contributed by atoms with Crippen molar-refractivity contribution in [2.45, 2.75) is 96.9 Å². The van der Waals surface area contributed by atoms with E-state index in [2.05, 4.69) is 27.7 Å². The molecular formula is C16H34OSi. The normalized spacial score (nSPS) is 12.0. The van der Waals surface area contributed by atoms with Crippen LogP contribution in [0.25, 0.3) is 0 Å². The van der Waals surface area contributed by atoms with Gasteiger partial charge in [0.05, 0.1) is 0 Å². The molecule has 0 aliphatic heterocycles. The zero-order chi connectivity index (χ0) is 13.7. The molecule has 0 heterocycles. The van der Waals surface area contributed by atoms with Crippen LogP contribution in [-0.2, 0) is 4.43 Å². The van der Waals surface area contributed by atoms with Gasteiger partial charge in [0.15, 0.2) is 0 Å². The average molecular weight is 271 g/mol. The fourth-order valence-electron chi connectivity index (χ4n) is 1.80. The molecule has 0 unspecified atom stereocenters. The summed E-state index contributed by atoms with van der Waals surface area (Å²) in [5, 5.41) is 0.388. The Morgan fingerprint density at radius 3 is 1.78 bits per heavy atom. The van der Waals surface area contributed by atoms with E-state index in [9.17, 15) is 0 Å². The molecule has 108 valence electrons. The van der Waals surface area contributed by atoms with E-state index in [1.54, 1.807) is 0 Å². The standard InChI is InChI=1S/C16H34OSi/c1-5-7-8-9-10-11-12-13-14-15-17-18-16(3,4)6-2/h5-15H2,1-4H3. The lowest BCUT2D eigenvalue weighted by Crippen LogP contribution is -2.15. The minimum atomic E-state index is 0.388. The molecule has 0 N–H and O–H groups in total. The van der Waals surface area contributed by atoms with Gasteiger partial charge in [-0.15, -0.1) is 0 Å². The van der Waals surface area contributed by atoms with Gasteiger partial charge in [-0.25, -0.2) is 0 Å². The zero-order valence-corrected chi connectivity index (χ0v) is 14.2. The summed E-state index contributed by atoms with van der Waals surface area (Å²) in [6, 6.07) is 0. The predicted molar refractivity (Wildman–Crippen MR) is 83.3 cm³/mol. The molecule has 0 spiro atoms. The lowest BCUT2D eigenvalue weighted by atomic mass is 10.1. The summed E-state index contributed by atoms with van der Waals surface area (Å²) < 4.78 is 5.78. The number of hydrogen-bond acceptors (Lipinski definition) is 1. The summed E-state index contributed by atoms with van der Waals surface area (Å²) in [6.07, 6.45) is 13.7. The molecule has 0 saturated heterocycles. The highest BCUT2D eigenvalue weighted by Gasteiger charge is 2.17. The third-order valence-corrected chi connectivity index (χ3v) is 4.84. The van der Waals surface area contributed by atoms with Crippen molar-refractivity contribution in [3.8, 4) is 0 Å². The van der Waals surface area contributed by atoms with Crippen molar-refractivity contribution in [3.63, 3.8) is 0 Å². The Kier molecular flexibility index (Phi) is 12.3. The van der Waals surface area contributed by atoms with Gasteiger partial charge in [0.1, 0.15) is 0 Å². The van der Waals surface area contributed by atoms with Crippen molar-refractivity contribution in [3.05, 3.63) is 0 Å². The lowest BCUT2D eigenvalue weighted by molar-refractivity contribution is 0.303. The average Bonchev–Trinajstić information content (AvgIpc) is 2.36. The smallest absolute Gasteiger partial charge is 0.235 e. The van der Waals surface area contributed by atoms with Gasteiger partial charge in [-0.05, 0) is 11.5 Å². The summed E-state index contributed by atoms with van der Waals surface area (Å²) in [5.41, 5.74) is 0. The number of hydrogen-bond donors (Lipinski definition) is 0. The number of unbranched alkanes of at least 4 members (excludes halogenated alkanes) is 8. The van der Waals surface area contributed by atoms with Crippen LogP contribution < -0.4 is 0 Å². The lowest BCUT2D eigenvalue weighted by Gasteiger charge is -2.19. The van der Waals surface area contributed by atoms with Gasteiger partial charge in [-0.1, -0.05) is 85.5 Å². The Morgan fingerprint density at radius 1 is 0.778 bits per heavy atom. The predicted octanol–water partition coefficient (Wildman–Crippen LogP) is 5.76. The first-order chi connectivity index (χ1) is 8.62. The Bertz CT molecular complexity index is 168. The first-order valence-corrected chi connectivity index (χ1v) is 8.92. The maximum Gasteiger partial charge on any atom is 0.235 e. The largest absolute Gasteiger partial charge is 0.417 e. The second kappa shape index (κ2) is 12.2. The maximum atomic E-state index is 5.78. The molecule has 0 aliphatic rings. The second-order valence-electron chi connectivity index (χ2n) is 6.02. The fraction of sp³-hybridized carbons (Fsp3) is 1.00. The van der Waals surface area contributed by atoms with Crippen LogP contribution in [0.1, 0.15) is 91.9 Å². The topological polar surface area (TPSA) is 9.23 Å². The summed E-state index contributed by atoms with van der Waals surface area (Å²) in [6.45, 7) is 10.1. The first-order valence-electron chi connectivity index (χ1n) is 8.01. The van der Waals surface area contributed by atoms with Crippen LogP contribution in [0, 0.1) is 0 Å². The van der Waals surface area contributed by atoms with Crippen molar-refractivity contribution in [1.82, 2.24) is 0 Å². The zero-order valence-electron chi connectivity index (χ0n) is 13.2. The van der Waals surface area contributed by atoms with E-state index in [0.717, 1.165) is 6.61 Å². The fourth-order valence-corrected chi connectivity index (χ4v) is 2.58. The minimum absolute atomic E-state index is 0.388. The van der Waals surface area contributed by atoms with Gasteiger partial charge >= 0.3 is 0 Å². The molecule has 0 saturated carbocycles. The van der Waals surface area contributed by atoms with Crippen LogP contribution in [0.3, 0.4) is 0 Å². The Labute approximate surface area is 118 Å². The van der Waals surface area contributed by atoms with Crippen molar-refractivity contribution in [2.75, 3.05) is 6.61 Å². The minimum Gasteiger partial charge on any atom is -0.417 e. The Morgan fingerprint density at radius 2 is 1.28 bits per heavy atom. The van der Waals surface area contributed by atoms with E-state index >= 15 is 0 Å². The molecule has 0 aromatic rings. The summed E-state index contributed by atoms with van der Waals surface area (Å²) in [4.78, 5) is 0. The molecule has 0 aromatic heterocycles. The van der Waals surface area contributed by atoms with Crippen molar-refractivity contribution < 1.29 is 4.43 Å². The molecule has 0 aromatic carbocycles. The van der Waals surface area contributed by atoms with Crippen LogP contribution in [-0.4, -0.2) is 16.4 Å². The Hall–Kier alpha value is 0.177. The summed E-state index contributed by atoms with van der Waals surface area (Å²) in [7, 11) is 0.671. The van der Waals surface area contributed by atoms with Crippen LogP contribution in [0.4, 0.5) is 0 Å². The number of rotatable bonds is 13. The van der Waals surface area contributed by atoms with E-state index in [4.69, 9.17) is 4.43 Å². The molecule has 2 heteroatoms. The molecule has 18 heavy (non-hydrogen) atoms. The molecule has 2 radical (unpaired) electrons. The van der Waals surface area contributed by atoms with Crippen LogP contribution in [0.2, 0.25) is 5.04 Å². The van der Waals surface area contributed by atoms with E-state index in [1.807, 2.05) is 0 Å². The molecule has 0 bridgehead atoms. The SMILES string of the molecule is CCCCCCCCCCCO[Si]C(C)(C)CC. The van der Waals surface area contributed by atoms with E-state index in [0.29, 0.717) is 14.8 Å². The molecular weight excluding hydrogens is 236 g/mol. The molecule has 0 atom stereocenters. The second-order valence-corrected chi connectivity index (χ2v) is 7.86. The van der Waals surface area contributed by atoms with Gasteiger partial charge < -0.3 is 4.43 Å². The molecule has 0 aliphatic carbocycles. The van der Waals surface area contributed by atoms with Crippen LogP contribution in [0.15, 0.2) is 0 Å². The van der Waals surface area contributed by atoms with E-state index in [-0.39, 0.29) is 0 Å². The highest BCUT2D eigenvalue weighted by molar-refractivity contribution is 6.31. The van der Waals surface area contributed by atoms with Gasteiger partial charge in [-0.2, -0.15) is 0 Å². The van der Waals surface area contributed by atoms with E-state index in [1.165, 1.54) is 64.2 Å². The molecule has 0 fully saturated rings. The highest BCUT2D eigenvalue weighted by Crippen LogP contribution is 2.26. The van der Waals surface area contributed by atoms with Gasteiger partial charge in [-0.3, -0.25) is 0 Å². The monoisotopic (exact) mass is 270 g/mol. The van der Waals surface area contributed by atoms with Crippen molar-refractivity contribution in [2.24, 2.45) is 0 Å². The van der Waals surface area contributed by atoms with Gasteiger partial charge in [0.25, 0.3) is 0 Å². The third kappa shape index (κ3) is 12.6. The van der Waals surface area contributed by atoms with Crippen molar-refractivity contribution >= 4 is 9.76 Å². The Balaban J connectivity index is 3.08. The maximum absolute atomic E-state index is 5.78. The van der Waals surface area contributed by atoms with Crippen LogP contribution >= 0.6 is 0 Å². The molecule has 0 amide bonds. The molecule has 0 rings (SSSR count). The summed E-state index contributed by atoms with van der Waals surface area (Å²) >= 11 is 0. The van der Waals surface area contributed by atoms with Crippen LogP contribution in [0.5, 0.6) is 0 Å². The highest BCUT2D eigenvalue weighted by atomic mass is 28.2. The summed E-state index contributed by atoms with van der Waals surface area (Å²) in [5.74, 6) is 0. The molecule has 1 nitrogen and oxygen atoms in total.